The summed E-state index contributed by atoms with van der Waals surface area (Å²) in [7, 11) is -8.49. The molecule has 0 saturated carbocycles. The Morgan fingerprint density at radius 1 is 0.459 bits per heavy atom. The van der Waals surface area contributed by atoms with E-state index >= 15 is 0 Å². The van der Waals surface area contributed by atoms with Gasteiger partial charge in [-0.05, 0) is 4.53 Å². The van der Waals surface area contributed by atoms with Crippen LogP contribution < -0.4 is 4.72 Å². The molecule has 0 aromatic heterocycles. The Hall–Kier alpha value is -1.67. The molecule has 0 bridgehead atoms. The average Bonchev–Trinajstić information content (AvgIpc) is 2.64. The van der Waals surface area contributed by atoms with Crippen LogP contribution >= 0.6 is 0 Å². The molecule has 27 heteroatoms. The highest BCUT2D eigenvalue weighted by molar-refractivity contribution is 7.90. The van der Waals surface area contributed by atoms with E-state index in [0.29, 0.717) is 0 Å². The van der Waals surface area contributed by atoms with Gasteiger partial charge >= 0.3 is 59.1 Å². The summed E-state index contributed by atoms with van der Waals surface area (Å²) in [6.45, 7) is 0. The van der Waals surface area contributed by atoms with E-state index in [4.69, 9.17) is 0 Å². The summed E-state index contributed by atoms with van der Waals surface area (Å²) in [5, 5.41) is -7.59. The van der Waals surface area contributed by atoms with Gasteiger partial charge in [0.05, 0.1) is 0 Å². The van der Waals surface area contributed by atoms with Gasteiger partial charge in [0.15, 0.2) is 0 Å². The molecule has 37 heavy (non-hydrogen) atoms. The van der Waals surface area contributed by atoms with E-state index in [1.165, 1.54) is 0 Å². The number of hydrogen-bond acceptors (Lipinski definition) is 3. The van der Waals surface area contributed by atoms with Crippen LogP contribution in [0.3, 0.4) is 0 Å². The molecule has 0 spiro atoms. The third-order valence-corrected chi connectivity index (χ3v) is 5.20. The Kier molecular flexibility index (Phi) is 8.28. The van der Waals surface area contributed by atoms with Gasteiger partial charge < -0.3 is 0 Å². The highest BCUT2D eigenvalue weighted by atomic mass is 32.2. The monoisotopic (exact) mass is 633 g/mol. The molecule has 0 radical (unpaired) electrons. The van der Waals surface area contributed by atoms with Crippen LogP contribution in [-0.4, -0.2) is 67.5 Å². The molecule has 0 amide bonds. The predicted octanol–water partition coefficient (Wildman–Crippen LogP) is 5.96. The molecule has 0 aromatic rings. The number of alkyl halides is 21. The minimum absolute atomic E-state index is 1.00. The molecular formula is C10HF22NO3S. The van der Waals surface area contributed by atoms with E-state index in [-0.39, 0.29) is 0 Å². The van der Waals surface area contributed by atoms with Crippen molar-refractivity contribution < 1.29 is 110 Å². The fourth-order valence-electron chi connectivity index (χ4n) is 1.66. The summed E-state index contributed by atoms with van der Waals surface area (Å²) in [4.78, 5) is 1.00. The Balaban J connectivity index is 6.93. The van der Waals surface area contributed by atoms with Crippen LogP contribution in [0.2, 0.25) is 0 Å². The van der Waals surface area contributed by atoms with Gasteiger partial charge in [0.25, 0.3) is 10.0 Å². The zero-order valence-corrected chi connectivity index (χ0v) is 16.3. The number of rotatable bonds is 11. The summed E-state index contributed by atoms with van der Waals surface area (Å²) < 4.78 is 302. The third kappa shape index (κ3) is 4.60. The number of sulfonamides is 1. The first-order chi connectivity index (χ1) is 15.5. The molecule has 0 rings (SSSR count). The summed E-state index contributed by atoms with van der Waals surface area (Å²) >= 11 is 0. The first kappa shape index (κ1) is 35.3. The Labute approximate surface area is 185 Å². The minimum atomic E-state index is -9.20. The fraction of sp³-hybridized carbons (Fsp3) is 1.00. The van der Waals surface area contributed by atoms with E-state index < -0.39 is 73.9 Å². The van der Waals surface area contributed by atoms with Gasteiger partial charge in [0.1, 0.15) is 0 Å². The smallest absolute Gasteiger partial charge is 0.205 e. The highest BCUT2D eigenvalue weighted by Crippen LogP contribution is 2.63. The first-order valence-electron chi connectivity index (χ1n) is 7.32. The number of nitrogens with one attached hydrogen (secondary N) is 1. The van der Waals surface area contributed by atoms with Crippen LogP contribution in [0.5, 0.6) is 0 Å². The minimum Gasteiger partial charge on any atom is -0.205 e. The molecule has 4 nitrogen and oxygen atoms in total. The molecule has 0 aromatic carbocycles. The predicted molar refractivity (Wildman–Crippen MR) is 64.8 cm³/mol. The highest BCUT2D eigenvalue weighted by Gasteiger charge is 2.95. The van der Waals surface area contributed by atoms with E-state index in [1.807, 2.05) is 0 Å². The summed E-state index contributed by atoms with van der Waals surface area (Å²) in [5.41, 5.74) is 0. The van der Waals surface area contributed by atoms with E-state index in [9.17, 15) is 105 Å². The lowest BCUT2D eigenvalue weighted by atomic mass is 9.90. The van der Waals surface area contributed by atoms with Crippen LogP contribution in [0.15, 0.2) is 0 Å². The Morgan fingerprint density at radius 2 is 0.730 bits per heavy atom. The van der Waals surface area contributed by atoms with Crippen molar-refractivity contribution in [1.82, 2.24) is 4.72 Å². The van der Waals surface area contributed by atoms with Gasteiger partial charge in [-0.1, -0.05) is 0 Å². The topological polar surface area (TPSA) is 55.4 Å². The second-order valence-corrected chi connectivity index (χ2v) is 7.96. The molecule has 0 saturated heterocycles. The van der Waals surface area contributed by atoms with Crippen LogP contribution in [0.1, 0.15) is 0 Å². The van der Waals surface area contributed by atoms with Crippen LogP contribution in [0.25, 0.3) is 0 Å². The van der Waals surface area contributed by atoms with Crippen molar-refractivity contribution in [2.75, 3.05) is 0 Å². The fourth-order valence-corrected chi connectivity index (χ4v) is 2.60. The Morgan fingerprint density at radius 3 is 1.00 bits per heavy atom. The van der Waals surface area contributed by atoms with Gasteiger partial charge in [0.2, 0.25) is 0 Å². The second-order valence-electron chi connectivity index (χ2n) is 6.23. The lowest BCUT2D eigenvalue weighted by Gasteiger charge is -2.42. The summed E-state index contributed by atoms with van der Waals surface area (Å²) in [5.74, 6) is -53.7. The van der Waals surface area contributed by atoms with Gasteiger partial charge in [-0.15, -0.1) is 9.66 Å². The molecule has 0 aliphatic carbocycles. The molecule has 224 valence electrons. The van der Waals surface area contributed by atoms with E-state index in [1.54, 1.807) is 0 Å². The SMILES string of the molecule is O=S(=O)(NC(F)(F)C(F)(F)C(F)(F)C(F)(F)C(F)(F)C(F)(F)C(F)(F)C(F)(F)F)C(F)(F)C(F)(F)OF. The first-order valence-corrected chi connectivity index (χ1v) is 8.80. The van der Waals surface area contributed by atoms with Crippen LogP contribution in [0.4, 0.5) is 96.7 Å². The van der Waals surface area contributed by atoms with Crippen LogP contribution in [0, 0.1) is 0 Å². The average molecular weight is 633 g/mol. The third-order valence-electron chi connectivity index (χ3n) is 3.76. The molecule has 0 heterocycles. The van der Waals surface area contributed by atoms with Gasteiger partial charge in [-0.25, -0.2) is 8.42 Å². The molecule has 0 unspecified atom stereocenters. The maximum absolute atomic E-state index is 13.4. The van der Waals surface area contributed by atoms with Crippen molar-refractivity contribution in [2.24, 2.45) is 0 Å². The van der Waals surface area contributed by atoms with Gasteiger partial charge in [-0.3, -0.25) is 0 Å². The molecule has 1 N–H and O–H groups in total. The Bertz CT molecular complexity index is 950. The molecule has 0 aliphatic heterocycles. The van der Waals surface area contributed by atoms with E-state index in [2.05, 4.69) is 0 Å². The lowest BCUT2D eigenvalue weighted by molar-refractivity contribution is -0.462. The summed E-state index contributed by atoms with van der Waals surface area (Å²) in [6.07, 6.45) is -15.2. The zero-order valence-electron chi connectivity index (χ0n) is 15.4. The van der Waals surface area contributed by atoms with Gasteiger partial charge in [-0.2, -0.15) is 92.2 Å². The molecule has 0 fully saturated rings. The molecule has 0 aliphatic rings. The second kappa shape index (κ2) is 8.67. The summed E-state index contributed by atoms with van der Waals surface area (Å²) in [6, 6.07) is -8.23. The van der Waals surface area contributed by atoms with Crippen molar-refractivity contribution >= 4 is 10.0 Å². The number of hydrogen-bond donors (Lipinski definition) is 1. The van der Waals surface area contributed by atoms with Crippen molar-refractivity contribution in [1.29, 1.82) is 0 Å². The normalized spacial score (nSPS) is 16.8. The molecular weight excluding hydrogens is 632 g/mol. The maximum atomic E-state index is 13.4. The van der Waals surface area contributed by atoms with Crippen LogP contribution in [-0.2, 0) is 15.0 Å². The molecule has 0 atom stereocenters. The van der Waals surface area contributed by atoms with Crippen molar-refractivity contribution in [2.45, 2.75) is 59.1 Å². The quantitative estimate of drug-likeness (QED) is 0.226. The standard InChI is InChI=1S/C10HF22NO3S/c11-1(12,3(15,16)5(19,20)7(23,24)25)2(13,14)4(17,18)6(21,22)8(26,27)33-37(34,35)10(30,31)9(28,29)36-32/h33H. The van der Waals surface area contributed by atoms with Crippen molar-refractivity contribution in [3.8, 4) is 0 Å². The number of halogens is 22. The lowest BCUT2D eigenvalue weighted by Crippen LogP contribution is -2.76. The largest absolute Gasteiger partial charge is 0.466 e. The van der Waals surface area contributed by atoms with Crippen molar-refractivity contribution in [3.05, 3.63) is 0 Å². The zero-order chi connectivity index (χ0) is 30.9. The van der Waals surface area contributed by atoms with E-state index in [0.717, 1.165) is 4.94 Å². The van der Waals surface area contributed by atoms with Gasteiger partial charge in [0, 0.05) is 0 Å². The van der Waals surface area contributed by atoms with Crippen molar-refractivity contribution in [3.63, 3.8) is 0 Å². The maximum Gasteiger partial charge on any atom is 0.466 e.